The van der Waals surface area contributed by atoms with Crippen LogP contribution in [0.5, 0.6) is 0 Å². The highest BCUT2D eigenvalue weighted by atomic mass is 31.2. The molecular formula is C71H118N2O7P+. The van der Waals surface area contributed by atoms with Gasteiger partial charge >= 0.3 is 13.8 Å². The Bertz CT molecular complexity index is 1940. The third kappa shape index (κ3) is 60.1. The number of ether oxygens (including phenoxy) is 1. The number of phosphoric acid groups is 1. The SMILES string of the molecule is CC\C=C/C=C/C=C/C=C\C=C\C=C\CCCCCC(=O)OC(/C=C\CCCCCCCCCCCCC)C(COP(=O)(O)OCC[N+](C)(C)C)NC(=O)CCCCCCCC/C=C\C/C=C\C/C=C\C/C=C\C/C=C\C/C=C\CC. The molecule has 0 heterocycles. The van der Waals surface area contributed by atoms with Crippen LogP contribution in [-0.4, -0.2) is 74.3 Å². The molecule has 0 aliphatic heterocycles. The number of likely N-dealkylation sites (N-methyl/N-ethyl adjacent to an activating group) is 1. The Morgan fingerprint density at radius 1 is 0.457 bits per heavy atom. The van der Waals surface area contributed by atoms with Gasteiger partial charge in [0.15, 0.2) is 0 Å². The summed E-state index contributed by atoms with van der Waals surface area (Å²) in [4.78, 5) is 37.8. The van der Waals surface area contributed by atoms with Crippen molar-refractivity contribution in [2.45, 2.75) is 238 Å². The fourth-order valence-corrected chi connectivity index (χ4v) is 9.00. The normalized spacial score (nSPS) is 14.7. The van der Waals surface area contributed by atoms with E-state index in [1.165, 1.54) is 57.8 Å². The summed E-state index contributed by atoms with van der Waals surface area (Å²) in [5.41, 5.74) is 0. The van der Waals surface area contributed by atoms with Gasteiger partial charge in [0, 0.05) is 12.8 Å². The molecule has 9 nitrogen and oxygen atoms in total. The summed E-state index contributed by atoms with van der Waals surface area (Å²) in [6, 6.07) is -0.889. The summed E-state index contributed by atoms with van der Waals surface area (Å²) in [6.07, 6.45) is 86.7. The lowest BCUT2D eigenvalue weighted by Crippen LogP contribution is -2.47. The van der Waals surface area contributed by atoms with Crippen molar-refractivity contribution in [2.75, 3.05) is 40.9 Å². The van der Waals surface area contributed by atoms with E-state index in [1.807, 2.05) is 94.1 Å². The molecule has 2 N–H and O–H groups in total. The van der Waals surface area contributed by atoms with Crippen LogP contribution in [0.3, 0.4) is 0 Å². The standard InChI is InChI=1S/C71H117N2O7P/c1-7-10-13-16-19-22-25-28-30-32-33-34-35-36-37-38-39-41-42-45-48-51-54-57-60-63-70(74)72-68(67-79-81(76,77)78-66-65-73(4,5)6)69(62-59-56-53-50-47-44-27-24-21-18-15-12-9-3)80-71(75)64-61-58-55-52-49-46-43-40-31-29-26-23-20-17-14-11-8-2/h10-11,13-14,17,19-20,22-23,26,28-31,33-34,36-37,39-41,43,46,49,59,62,68-69H,7-9,12,15-16,18,21,24-25,27,32,35,38,42,44-45,47-48,50-58,60-61,63-67H2,1-6H3,(H-,72,74,76,77)/p+1/b13-10-,14-11-,20-17+,22-19-,26-23+,30-28-,31-29-,34-33-,37-36-,41-39-,43-40+,49-46+,62-59-. The number of carbonyl (C=O) groups excluding carboxylic acids is 2. The molecular weight excluding hydrogens is 1020 g/mol. The number of quaternary nitrogens is 1. The second-order valence-electron chi connectivity index (χ2n) is 22.0. The molecule has 1 amide bonds. The van der Waals surface area contributed by atoms with Gasteiger partial charge < -0.3 is 19.4 Å². The molecule has 0 fully saturated rings. The summed E-state index contributed by atoms with van der Waals surface area (Å²) in [5, 5.41) is 3.04. The maximum Gasteiger partial charge on any atom is 0.472 e. The summed E-state index contributed by atoms with van der Waals surface area (Å²) in [7, 11) is 1.43. The Hall–Kier alpha value is -4.37. The van der Waals surface area contributed by atoms with Gasteiger partial charge in [-0.15, -0.1) is 0 Å². The molecule has 3 atom stereocenters. The van der Waals surface area contributed by atoms with Crippen LogP contribution in [0.1, 0.15) is 226 Å². The van der Waals surface area contributed by atoms with Crippen LogP contribution in [0.25, 0.3) is 0 Å². The molecule has 0 saturated carbocycles. The van der Waals surface area contributed by atoms with Crippen LogP contribution >= 0.6 is 7.82 Å². The van der Waals surface area contributed by atoms with Gasteiger partial charge in [0.25, 0.3) is 0 Å². The van der Waals surface area contributed by atoms with Gasteiger partial charge in [0.2, 0.25) is 5.91 Å². The number of allylic oxidation sites excluding steroid dienone is 25. The number of carbonyl (C=O) groups is 2. The van der Waals surface area contributed by atoms with Crippen LogP contribution in [0.4, 0.5) is 0 Å². The monoisotopic (exact) mass is 1140 g/mol. The number of amides is 1. The van der Waals surface area contributed by atoms with Crippen LogP contribution < -0.4 is 5.32 Å². The number of esters is 1. The van der Waals surface area contributed by atoms with Crippen molar-refractivity contribution in [3.63, 3.8) is 0 Å². The number of hydrogen-bond donors (Lipinski definition) is 2. The minimum Gasteiger partial charge on any atom is -0.456 e. The molecule has 0 radical (unpaired) electrons. The first kappa shape index (κ1) is 76.6. The van der Waals surface area contributed by atoms with Gasteiger partial charge in [-0.2, -0.15) is 0 Å². The lowest BCUT2D eigenvalue weighted by atomic mass is 10.0. The summed E-state index contributed by atoms with van der Waals surface area (Å²) in [6.45, 7) is 6.69. The Morgan fingerprint density at radius 3 is 1.35 bits per heavy atom. The number of phosphoric ester groups is 1. The molecule has 0 aromatic heterocycles. The predicted octanol–water partition coefficient (Wildman–Crippen LogP) is 20.0. The molecule has 3 unspecified atom stereocenters. The van der Waals surface area contributed by atoms with Gasteiger partial charge in [0.05, 0.1) is 33.8 Å². The van der Waals surface area contributed by atoms with E-state index >= 15 is 0 Å². The van der Waals surface area contributed by atoms with Crippen LogP contribution in [0.15, 0.2) is 158 Å². The van der Waals surface area contributed by atoms with Crippen molar-refractivity contribution in [3.8, 4) is 0 Å². The lowest BCUT2D eigenvalue weighted by molar-refractivity contribution is -0.870. The summed E-state index contributed by atoms with van der Waals surface area (Å²) >= 11 is 0. The highest BCUT2D eigenvalue weighted by molar-refractivity contribution is 7.47. The van der Waals surface area contributed by atoms with Crippen molar-refractivity contribution in [2.24, 2.45) is 0 Å². The first-order valence-corrected chi connectivity index (χ1v) is 33.4. The van der Waals surface area contributed by atoms with Crippen molar-refractivity contribution in [3.05, 3.63) is 158 Å². The number of nitrogens with zero attached hydrogens (tertiary/aromatic N) is 1. The highest BCUT2D eigenvalue weighted by Gasteiger charge is 2.30. The number of rotatable bonds is 55. The van der Waals surface area contributed by atoms with Gasteiger partial charge in [-0.3, -0.25) is 18.6 Å². The zero-order chi connectivity index (χ0) is 59.3. The van der Waals surface area contributed by atoms with Gasteiger partial charge in [-0.05, 0) is 102 Å². The lowest BCUT2D eigenvalue weighted by Gasteiger charge is -2.27. The minimum absolute atomic E-state index is 0.0196. The van der Waals surface area contributed by atoms with E-state index in [0.717, 1.165) is 122 Å². The van der Waals surface area contributed by atoms with E-state index in [-0.39, 0.29) is 31.5 Å². The van der Waals surface area contributed by atoms with Crippen LogP contribution in [0, 0.1) is 0 Å². The predicted molar refractivity (Wildman–Crippen MR) is 350 cm³/mol. The van der Waals surface area contributed by atoms with Crippen molar-refractivity contribution in [1.82, 2.24) is 5.32 Å². The molecule has 0 aromatic carbocycles. The Kier molecular flexibility index (Phi) is 55.6. The molecule has 81 heavy (non-hydrogen) atoms. The van der Waals surface area contributed by atoms with Gasteiger partial charge in [-0.1, -0.05) is 269 Å². The second kappa shape index (κ2) is 58.8. The smallest absolute Gasteiger partial charge is 0.456 e. The van der Waals surface area contributed by atoms with Crippen LogP contribution in [-0.2, 0) is 27.9 Å². The summed E-state index contributed by atoms with van der Waals surface area (Å²) in [5.74, 6) is -0.586. The molecule has 0 bridgehead atoms. The number of unbranched alkanes of at least 4 members (excludes halogenated alkanes) is 20. The second-order valence-corrected chi connectivity index (χ2v) is 23.4. The maximum atomic E-state index is 13.6. The third-order valence-electron chi connectivity index (χ3n) is 13.1. The number of nitrogens with one attached hydrogen (secondary N) is 1. The first-order valence-electron chi connectivity index (χ1n) is 31.9. The quantitative estimate of drug-likeness (QED) is 0.0156. The largest absolute Gasteiger partial charge is 0.472 e. The topological polar surface area (TPSA) is 111 Å². The van der Waals surface area contributed by atoms with E-state index in [9.17, 15) is 19.0 Å². The highest BCUT2D eigenvalue weighted by Crippen LogP contribution is 2.43. The molecule has 0 rings (SSSR count). The molecule has 0 aliphatic carbocycles. The Balaban J connectivity index is 5.34. The van der Waals surface area contributed by atoms with E-state index in [2.05, 4.69) is 111 Å². The molecule has 458 valence electrons. The number of hydrogen-bond acceptors (Lipinski definition) is 6. The van der Waals surface area contributed by atoms with Crippen molar-refractivity contribution >= 4 is 19.7 Å². The minimum atomic E-state index is -4.48. The average molecular weight is 1140 g/mol. The van der Waals surface area contributed by atoms with Gasteiger partial charge in [0.1, 0.15) is 19.3 Å². The Labute approximate surface area is 497 Å². The molecule has 0 aliphatic rings. The van der Waals surface area contributed by atoms with E-state index in [4.69, 9.17) is 13.8 Å². The first-order chi connectivity index (χ1) is 39.4. The summed E-state index contributed by atoms with van der Waals surface area (Å²) < 4.78 is 30.7. The molecule has 0 spiro atoms. The Morgan fingerprint density at radius 2 is 0.852 bits per heavy atom. The van der Waals surface area contributed by atoms with E-state index in [1.54, 1.807) is 0 Å². The van der Waals surface area contributed by atoms with Crippen molar-refractivity contribution in [1.29, 1.82) is 0 Å². The van der Waals surface area contributed by atoms with E-state index < -0.39 is 20.0 Å². The van der Waals surface area contributed by atoms with Gasteiger partial charge in [-0.25, -0.2) is 4.57 Å². The fourth-order valence-electron chi connectivity index (χ4n) is 8.27. The molecule has 0 saturated heterocycles. The van der Waals surface area contributed by atoms with Crippen LogP contribution in [0.2, 0.25) is 0 Å². The molecule has 0 aromatic rings. The fraction of sp³-hybridized carbons (Fsp3) is 0.606. The van der Waals surface area contributed by atoms with Crippen molar-refractivity contribution < 1.29 is 37.3 Å². The third-order valence-corrected chi connectivity index (χ3v) is 14.1. The zero-order valence-electron chi connectivity index (χ0n) is 52.2. The molecule has 10 heteroatoms. The van der Waals surface area contributed by atoms with E-state index in [0.29, 0.717) is 30.3 Å². The average Bonchev–Trinajstić information content (AvgIpc) is 3.44. The maximum absolute atomic E-state index is 13.6. The zero-order valence-corrected chi connectivity index (χ0v) is 53.1.